The minimum atomic E-state index is 0.174. The molecular weight excluding hydrogens is 386 g/mol. The van der Waals surface area contributed by atoms with Gasteiger partial charge in [-0.25, -0.2) is 0 Å². The molecule has 5 nitrogen and oxygen atoms in total. The highest BCUT2D eigenvalue weighted by Gasteiger charge is 2.24. The predicted molar refractivity (Wildman–Crippen MR) is 128 cm³/mol. The van der Waals surface area contributed by atoms with E-state index < -0.39 is 0 Å². The minimum Gasteiger partial charge on any atom is -0.495 e. The van der Waals surface area contributed by atoms with Crippen LogP contribution in [0.4, 0.5) is 5.69 Å². The van der Waals surface area contributed by atoms with Gasteiger partial charge in [-0.05, 0) is 35.6 Å². The normalized spacial score (nSPS) is 15.3. The number of amides is 1. The molecule has 1 aliphatic rings. The molecule has 0 aliphatic carbocycles. The molecule has 1 saturated heterocycles. The van der Waals surface area contributed by atoms with Crippen molar-refractivity contribution >= 4 is 11.6 Å². The van der Waals surface area contributed by atoms with Gasteiger partial charge in [0.1, 0.15) is 5.75 Å². The van der Waals surface area contributed by atoms with Gasteiger partial charge in [0.15, 0.2) is 0 Å². The lowest BCUT2D eigenvalue weighted by Gasteiger charge is -2.37. The topological polar surface area (TPSA) is 44.8 Å². The summed E-state index contributed by atoms with van der Waals surface area (Å²) in [7, 11) is 1.70. The Balaban J connectivity index is 1.54. The number of carbonyl (C=O) groups excluding carboxylic acids is 1. The Bertz CT molecular complexity index is 827. The largest absolute Gasteiger partial charge is 0.495 e. The number of para-hydroxylation sites is 2. The van der Waals surface area contributed by atoms with Gasteiger partial charge in [0, 0.05) is 32.2 Å². The molecule has 2 aromatic rings. The summed E-state index contributed by atoms with van der Waals surface area (Å²) >= 11 is 0. The zero-order chi connectivity index (χ0) is 22.2. The Kier molecular flexibility index (Phi) is 8.35. The van der Waals surface area contributed by atoms with Gasteiger partial charge in [0.25, 0.3) is 0 Å². The summed E-state index contributed by atoms with van der Waals surface area (Å²) in [5, 5.41) is 3.52. The van der Waals surface area contributed by atoms with Crippen molar-refractivity contribution < 1.29 is 9.53 Å². The Labute approximate surface area is 187 Å². The van der Waals surface area contributed by atoms with E-state index in [2.05, 4.69) is 61.3 Å². The van der Waals surface area contributed by atoms with E-state index in [0.29, 0.717) is 12.5 Å². The van der Waals surface area contributed by atoms with Crippen LogP contribution in [0.5, 0.6) is 5.75 Å². The van der Waals surface area contributed by atoms with Crippen LogP contribution in [0.15, 0.2) is 48.5 Å². The molecule has 0 unspecified atom stereocenters. The lowest BCUT2D eigenvalue weighted by Crippen LogP contribution is -2.51. The number of carbonyl (C=O) groups is 1. The van der Waals surface area contributed by atoms with Crippen molar-refractivity contribution in [2.45, 2.75) is 39.7 Å². The first kappa shape index (κ1) is 23.1. The fourth-order valence-electron chi connectivity index (χ4n) is 4.32. The number of benzene rings is 2. The van der Waals surface area contributed by atoms with Gasteiger partial charge in [-0.3, -0.25) is 4.79 Å². The quantitative estimate of drug-likeness (QED) is 0.654. The van der Waals surface area contributed by atoms with E-state index in [1.807, 2.05) is 23.1 Å². The number of anilines is 1. The standard InChI is InChI=1S/C26H37N3O2/c1-5-8-21-11-13-22(14-12-21)26(20(2)3)27-19-25(30)29-17-15-28(16-18-29)23-9-6-7-10-24(23)31-4/h6-7,9-14,20,26-27H,5,8,15-19H2,1-4H3/t26-/m1/s1. The van der Waals surface area contributed by atoms with Crippen LogP contribution in [0.25, 0.3) is 0 Å². The minimum absolute atomic E-state index is 0.174. The van der Waals surface area contributed by atoms with Crippen molar-refractivity contribution in [1.29, 1.82) is 0 Å². The molecule has 0 bridgehead atoms. The third kappa shape index (κ3) is 6.01. The number of rotatable bonds is 9. The van der Waals surface area contributed by atoms with Crippen molar-refractivity contribution in [1.82, 2.24) is 10.2 Å². The first-order valence-corrected chi connectivity index (χ1v) is 11.5. The summed E-state index contributed by atoms with van der Waals surface area (Å²) in [6, 6.07) is 17.1. The van der Waals surface area contributed by atoms with Crippen LogP contribution >= 0.6 is 0 Å². The molecule has 1 N–H and O–H groups in total. The molecule has 3 rings (SSSR count). The first-order valence-electron chi connectivity index (χ1n) is 11.5. The Morgan fingerprint density at radius 3 is 2.32 bits per heavy atom. The van der Waals surface area contributed by atoms with Crippen LogP contribution in [0, 0.1) is 5.92 Å². The lowest BCUT2D eigenvalue weighted by molar-refractivity contribution is -0.130. The average molecular weight is 424 g/mol. The van der Waals surface area contributed by atoms with Crippen molar-refractivity contribution in [3.8, 4) is 5.75 Å². The molecule has 1 atom stereocenters. The molecule has 0 aromatic heterocycles. The maximum Gasteiger partial charge on any atom is 0.236 e. The van der Waals surface area contributed by atoms with Crippen LogP contribution in [-0.2, 0) is 11.2 Å². The molecule has 0 saturated carbocycles. The third-order valence-electron chi connectivity index (χ3n) is 6.08. The van der Waals surface area contributed by atoms with E-state index in [1.165, 1.54) is 11.1 Å². The predicted octanol–water partition coefficient (Wildman–Crippen LogP) is 4.28. The molecule has 0 spiro atoms. The number of hydrogen-bond donors (Lipinski definition) is 1. The van der Waals surface area contributed by atoms with Crippen molar-refractivity contribution in [2.24, 2.45) is 5.92 Å². The molecule has 31 heavy (non-hydrogen) atoms. The van der Waals surface area contributed by atoms with E-state index in [0.717, 1.165) is 50.5 Å². The van der Waals surface area contributed by atoms with Gasteiger partial charge in [-0.2, -0.15) is 0 Å². The van der Waals surface area contributed by atoms with Crippen LogP contribution in [0.3, 0.4) is 0 Å². The van der Waals surface area contributed by atoms with E-state index in [9.17, 15) is 4.79 Å². The van der Waals surface area contributed by atoms with Crippen molar-refractivity contribution in [3.05, 3.63) is 59.7 Å². The van der Waals surface area contributed by atoms with Gasteiger partial charge in [-0.15, -0.1) is 0 Å². The molecule has 168 valence electrons. The zero-order valence-corrected chi connectivity index (χ0v) is 19.4. The zero-order valence-electron chi connectivity index (χ0n) is 19.4. The summed E-state index contributed by atoms with van der Waals surface area (Å²) in [5.74, 6) is 1.47. The smallest absolute Gasteiger partial charge is 0.236 e. The van der Waals surface area contributed by atoms with Gasteiger partial charge >= 0.3 is 0 Å². The van der Waals surface area contributed by atoms with Gasteiger partial charge in [-0.1, -0.05) is 63.6 Å². The average Bonchev–Trinajstić information content (AvgIpc) is 2.80. The number of hydrogen-bond acceptors (Lipinski definition) is 4. The molecule has 2 aromatic carbocycles. The highest BCUT2D eigenvalue weighted by Crippen LogP contribution is 2.28. The molecule has 0 radical (unpaired) electrons. The van der Waals surface area contributed by atoms with Crippen LogP contribution < -0.4 is 15.0 Å². The maximum atomic E-state index is 12.9. The number of methoxy groups -OCH3 is 1. The Hall–Kier alpha value is -2.53. The van der Waals surface area contributed by atoms with Gasteiger partial charge in [0.05, 0.1) is 19.3 Å². The highest BCUT2D eigenvalue weighted by molar-refractivity contribution is 5.78. The summed E-state index contributed by atoms with van der Waals surface area (Å²) in [6.07, 6.45) is 2.27. The van der Waals surface area contributed by atoms with Crippen LogP contribution in [0.2, 0.25) is 0 Å². The fraction of sp³-hybridized carbons (Fsp3) is 0.500. The summed E-state index contributed by atoms with van der Waals surface area (Å²) in [5.41, 5.74) is 3.73. The molecule has 1 aliphatic heterocycles. The van der Waals surface area contributed by atoms with Crippen LogP contribution in [0.1, 0.15) is 44.4 Å². The Morgan fingerprint density at radius 1 is 1.03 bits per heavy atom. The maximum absolute atomic E-state index is 12.9. The molecular formula is C26H37N3O2. The van der Waals surface area contributed by atoms with Gasteiger partial charge < -0.3 is 19.9 Å². The number of aryl methyl sites for hydroxylation is 1. The van der Waals surface area contributed by atoms with E-state index >= 15 is 0 Å². The number of piperazine rings is 1. The van der Waals surface area contributed by atoms with Crippen LogP contribution in [-0.4, -0.2) is 50.6 Å². The van der Waals surface area contributed by atoms with Crippen molar-refractivity contribution in [2.75, 3.05) is 44.7 Å². The monoisotopic (exact) mass is 423 g/mol. The number of nitrogens with one attached hydrogen (secondary N) is 1. The SMILES string of the molecule is CCCc1ccc([C@H](NCC(=O)N2CCN(c3ccccc3OC)CC2)C(C)C)cc1. The molecule has 5 heteroatoms. The summed E-state index contributed by atoms with van der Waals surface area (Å²) in [6.45, 7) is 10.1. The van der Waals surface area contributed by atoms with E-state index in [4.69, 9.17) is 4.74 Å². The molecule has 1 amide bonds. The highest BCUT2D eigenvalue weighted by atomic mass is 16.5. The second-order valence-corrected chi connectivity index (χ2v) is 8.63. The first-order chi connectivity index (χ1) is 15.0. The summed E-state index contributed by atoms with van der Waals surface area (Å²) < 4.78 is 5.49. The van der Waals surface area contributed by atoms with Crippen molar-refractivity contribution in [3.63, 3.8) is 0 Å². The Morgan fingerprint density at radius 2 is 1.71 bits per heavy atom. The fourth-order valence-corrected chi connectivity index (χ4v) is 4.32. The summed E-state index contributed by atoms with van der Waals surface area (Å²) in [4.78, 5) is 17.2. The lowest BCUT2D eigenvalue weighted by atomic mass is 9.94. The number of nitrogens with zero attached hydrogens (tertiary/aromatic N) is 2. The second-order valence-electron chi connectivity index (χ2n) is 8.63. The second kappa shape index (κ2) is 11.2. The molecule has 1 heterocycles. The molecule has 1 fully saturated rings. The van der Waals surface area contributed by atoms with E-state index in [-0.39, 0.29) is 11.9 Å². The van der Waals surface area contributed by atoms with Gasteiger partial charge in [0.2, 0.25) is 5.91 Å². The third-order valence-corrected chi connectivity index (χ3v) is 6.08. The van der Waals surface area contributed by atoms with E-state index in [1.54, 1.807) is 7.11 Å². The number of ether oxygens (including phenoxy) is 1.